The van der Waals surface area contributed by atoms with Crippen LogP contribution in [-0.2, 0) is 0 Å². The van der Waals surface area contributed by atoms with Crippen molar-refractivity contribution in [1.29, 1.82) is 5.26 Å². The van der Waals surface area contributed by atoms with Gasteiger partial charge in [-0.3, -0.25) is 0 Å². The van der Waals surface area contributed by atoms with Gasteiger partial charge in [0.15, 0.2) is 11.6 Å². The molecular formula is C13H12FN5O2. The van der Waals surface area contributed by atoms with E-state index in [2.05, 4.69) is 20.3 Å². The highest BCUT2D eigenvalue weighted by Gasteiger charge is 2.11. The minimum absolute atomic E-state index is 0.0463. The molecule has 0 aliphatic heterocycles. The molecule has 108 valence electrons. The Morgan fingerprint density at radius 2 is 2.05 bits per heavy atom. The Morgan fingerprint density at radius 3 is 2.67 bits per heavy atom. The van der Waals surface area contributed by atoms with Crippen molar-refractivity contribution >= 4 is 5.95 Å². The molecule has 0 amide bonds. The number of nitrogens with zero attached hydrogens (tertiary/aromatic N) is 4. The highest BCUT2D eigenvalue weighted by Crippen LogP contribution is 2.24. The largest absolute Gasteiger partial charge is 0.467 e. The average Bonchev–Trinajstić information content (AvgIpc) is 2.49. The number of rotatable bonds is 5. The number of benzene rings is 1. The summed E-state index contributed by atoms with van der Waals surface area (Å²) in [6.07, 6.45) is 0. The van der Waals surface area contributed by atoms with E-state index in [-0.39, 0.29) is 29.3 Å². The fraction of sp³-hybridized carbons (Fsp3) is 0.231. The molecule has 1 aromatic carbocycles. The van der Waals surface area contributed by atoms with E-state index >= 15 is 0 Å². The van der Waals surface area contributed by atoms with Crippen molar-refractivity contribution in [3.63, 3.8) is 0 Å². The van der Waals surface area contributed by atoms with Gasteiger partial charge in [-0.2, -0.15) is 15.2 Å². The summed E-state index contributed by atoms with van der Waals surface area (Å²) < 4.78 is 24.0. The van der Waals surface area contributed by atoms with E-state index in [1.807, 2.05) is 13.0 Å². The summed E-state index contributed by atoms with van der Waals surface area (Å²) >= 11 is 0. The van der Waals surface area contributed by atoms with Crippen LogP contribution in [0.1, 0.15) is 12.5 Å². The summed E-state index contributed by atoms with van der Waals surface area (Å²) in [7, 11) is 1.40. The Balaban J connectivity index is 2.30. The van der Waals surface area contributed by atoms with Crippen molar-refractivity contribution in [3.05, 3.63) is 29.6 Å². The standard InChI is InChI=1S/C13H12FN5O2/c1-3-16-11-17-12(20-2)19-13(18-11)21-10-5-4-8(7-15)6-9(10)14/h4-6H,3H2,1-2H3,(H,16,17,18,19). The fourth-order valence-electron chi connectivity index (χ4n) is 1.46. The molecule has 0 bridgehead atoms. The third kappa shape index (κ3) is 3.54. The first kappa shape index (κ1) is 14.5. The van der Waals surface area contributed by atoms with Gasteiger partial charge in [-0.1, -0.05) is 0 Å². The SMILES string of the molecule is CCNc1nc(OC)nc(Oc2ccc(C#N)cc2F)n1. The quantitative estimate of drug-likeness (QED) is 0.901. The van der Waals surface area contributed by atoms with Gasteiger partial charge in [-0.05, 0) is 25.1 Å². The van der Waals surface area contributed by atoms with Crippen molar-refractivity contribution in [2.45, 2.75) is 6.92 Å². The molecule has 8 heteroatoms. The summed E-state index contributed by atoms with van der Waals surface area (Å²) in [5, 5.41) is 11.6. The smallest absolute Gasteiger partial charge is 0.330 e. The molecule has 2 rings (SSSR count). The van der Waals surface area contributed by atoms with Gasteiger partial charge in [0.05, 0.1) is 18.7 Å². The molecule has 0 unspecified atom stereocenters. The molecule has 0 saturated heterocycles. The van der Waals surface area contributed by atoms with Crippen LogP contribution >= 0.6 is 0 Å². The highest BCUT2D eigenvalue weighted by molar-refractivity contribution is 5.37. The first-order valence-electron chi connectivity index (χ1n) is 6.07. The molecule has 2 aromatic rings. The highest BCUT2D eigenvalue weighted by atomic mass is 19.1. The number of nitrogens with one attached hydrogen (secondary N) is 1. The van der Waals surface area contributed by atoms with E-state index in [4.69, 9.17) is 14.7 Å². The van der Waals surface area contributed by atoms with Crippen LogP contribution < -0.4 is 14.8 Å². The summed E-state index contributed by atoms with van der Waals surface area (Å²) in [5.74, 6) is -0.517. The van der Waals surface area contributed by atoms with Gasteiger partial charge >= 0.3 is 12.0 Å². The van der Waals surface area contributed by atoms with Crippen LogP contribution in [0.2, 0.25) is 0 Å². The third-order valence-corrected chi connectivity index (χ3v) is 2.37. The molecule has 0 saturated carbocycles. The Morgan fingerprint density at radius 1 is 1.29 bits per heavy atom. The van der Waals surface area contributed by atoms with Crippen molar-refractivity contribution in [1.82, 2.24) is 15.0 Å². The van der Waals surface area contributed by atoms with Crippen LogP contribution in [0.25, 0.3) is 0 Å². The van der Waals surface area contributed by atoms with Crippen molar-refractivity contribution in [2.24, 2.45) is 0 Å². The monoisotopic (exact) mass is 289 g/mol. The first-order valence-corrected chi connectivity index (χ1v) is 6.07. The van der Waals surface area contributed by atoms with E-state index in [9.17, 15) is 4.39 Å². The van der Waals surface area contributed by atoms with E-state index in [0.717, 1.165) is 6.07 Å². The molecule has 0 atom stereocenters. The Kier molecular flexibility index (Phi) is 4.46. The summed E-state index contributed by atoms with van der Waals surface area (Å²) in [6, 6.07) is 5.60. The Hall–Kier alpha value is -2.95. The van der Waals surface area contributed by atoms with Crippen LogP contribution in [0.15, 0.2) is 18.2 Å². The van der Waals surface area contributed by atoms with Crippen LogP contribution in [-0.4, -0.2) is 28.6 Å². The van der Waals surface area contributed by atoms with E-state index in [0.29, 0.717) is 6.54 Å². The zero-order valence-electron chi connectivity index (χ0n) is 11.4. The van der Waals surface area contributed by atoms with Gasteiger partial charge in [0.2, 0.25) is 5.95 Å². The molecule has 1 N–H and O–H groups in total. The number of hydrogen-bond acceptors (Lipinski definition) is 7. The molecule has 21 heavy (non-hydrogen) atoms. The molecule has 0 fully saturated rings. The van der Waals surface area contributed by atoms with Crippen LogP contribution in [0, 0.1) is 17.1 Å². The number of methoxy groups -OCH3 is 1. The van der Waals surface area contributed by atoms with Gasteiger partial charge < -0.3 is 14.8 Å². The number of ether oxygens (including phenoxy) is 2. The molecule has 0 spiro atoms. The number of hydrogen-bond donors (Lipinski definition) is 1. The number of aromatic nitrogens is 3. The lowest BCUT2D eigenvalue weighted by Crippen LogP contribution is -2.06. The van der Waals surface area contributed by atoms with Crippen LogP contribution in [0.4, 0.5) is 10.3 Å². The van der Waals surface area contributed by atoms with Crippen molar-refractivity contribution < 1.29 is 13.9 Å². The Labute approximate surface area is 120 Å². The topological polar surface area (TPSA) is 93.0 Å². The lowest BCUT2D eigenvalue weighted by atomic mass is 10.2. The Bertz CT molecular complexity index is 687. The van der Waals surface area contributed by atoms with Crippen LogP contribution in [0.5, 0.6) is 17.8 Å². The summed E-state index contributed by atoms with van der Waals surface area (Å²) in [6.45, 7) is 2.47. The second-order valence-electron chi connectivity index (χ2n) is 3.82. The third-order valence-electron chi connectivity index (χ3n) is 2.37. The number of anilines is 1. The lowest BCUT2D eigenvalue weighted by Gasteiger charge is -2.08. The molecular weight excluding hydrogens is 277 g/mol. The van der Waals surface area contributed by atoms with E-state index in [1.165, 1.54) is 19.2 Å². The van der Waals surface area contributed by atoms with Gasteiger partial charge in [0.1, 0.15) is 0 Å². The molecule has 1 aromatic heterocycles. The van der Waals surface area contributed by atoms with Crippen LogP contribution in [0.3, 0.4) is 0 Å². The minimum Gasteiger partial charge on any atom is -0.467 e. The second kappa shape index (κ2) is 6.47. The fourth-order valence-corrected chi connectivity index (χ4v) is 1.46. The maximum Gasteiger partial charge on any atom is 0.330 e. The zero-order chi connectivity index (χ0) is 15.2. The number of halogens is 1. The molecule has 1 heterocycles. The first-order chi connectivity index (χ1) is 10.2. The van der Waals surface area contributed by atoms with E-state index in [1.54, 1.807) is 0 Å². The van der Waals surface area contributed by atoms with Gasteiger partial charge in [-0.15, -0.1) is 4.98 Å². The van der Waals surface area contributed by atoms with Gasteiger partial charge in [0.25, 0.3) is 0 Å². The van der Waals surface area contributed by atoms with E-state index < -0.39 is 5.82 Å². The molecule has 7 nitrogen and oxygen atoms in total. The lowest BCUT2D eigenvalue weighted by molar-refractivity contribution is 0.355. The minimum atomic E-state index is -0.682. The maximum atomic E-state index is 13.8. The number of nitriles is 1. The summed E-state index contributed by atoms with van der Waals surface area (Å²) in [5.41, 5.74) is 0.196. The predicted molar refractivity (Wildman–Crippen MR) is 71.7 cm³/mol. The molecule has 0 aliphatic carbocycles. The van der Waals surface area contributed by atoms with Gasteiger partial charge in [-0.25, -0.2) is 4.39 Å². The predicted octanol–water partition coefficient (Wildman–Crippen LogP) is 2.12. The second-order valence-corrected chi connectivity index (χ2v) is 3.82. The van der Waals surface area contributed by atoms with Crippen molar-refractivity contribution in [3.8, 4) is 23.8 Å². The maximum absolute atomic E-state index is 13.8. The molecule has 0 radical (unpaired) electrons. The summed E-state index contributed by atoms with van der Waals surface area (Å²) in [4.78, 5) is 11.8. The normalized spacial score (nSPS) is 9.81. The molecule has 0 aliphatic rings. The average molecular weight is 289 g/mol. The van der Waals surface area contributed by atoms with Crippen molar-refractivity contribution in [2.75, 3.05) is 19.0 Å². The zero-order valence-corrected chi connectivity index (χ0v) is 11.4. The van der Waals surface area contributed by atoms with Gasteiger partial charge in [0, 0.05) is 6.54 Å².